The Bertz CT molecular complexity index is 733. The fraction of sp³-hybridized carbons (Fsp3) is 0.500. The highest BCUT2D eigenvalue weighted by atomic mass is 16.1. The van der Waals surface area contributed by atoms with Crippen molar-refractivity contribution in [3.8, 4) is 0 Å². The number of nitrogens with zero attached hydrogens (tertiary/aromatic N) is 1. The molecule has 1 aromatic carbocycles. The molecule has 0 saturated carbocycles. The summed E-state index contributed by atoms with van der Waals surface area (Å²) in [5.41, 5.74) is 5.20. The summed E-state index contributed by atoms with van der Waals surface area (Å²) in [6.07, 6.45) is 3.00. The van der Waals surface area contributed by atoms with Crippen LogP contribution in [0, 0.1) is 13.8 Å². The van der Waals surface area contributed by atoms with Crippen molar-refractivity contribution in [3.63, 3.8) is 0 Å². The van der Waals surface area contributed by atoms with Gasteiger partial charge in [0.15, 0.2) is 0 Å². The van der Waals surface area contributed by atoms with Crippen LogP contribution in [0.2, 0.25) is 0 Å². The molecule has 3 heterocycles. The molecule has 116 valence electrons. The molecule has 2 atom stereocenters. The minimum absolute atomic E-state index is 0.210. The Hall–Kier alpha value is -1.81. The van der Waals surface area contributed by atoms with Crippen LogP contribution in [0.1, 0.15) is 36.1 Å². The van der Waals surface area contributed by atoms with E-state index in [0.717, 1.165) is 19.5 Å². The summed E-state index contributed by atoms with van der Waals surface area (Å²) >= 11 is 0. The molecule has 1 aromatic heterocycles. The summed E-state index contributed by atoms with van der Waals surface area (Å²) in [6.45, 7) is 6.04. The van der Waals surface area contributed by atoms with Gasteiger partial charge >= 0.3 is 0 Å². The Morgan fingerprint density at radius 2 is 2.05 bits per heavy atom. The number of aromatic nitrogens is 1. The van der Waals surface area contributed by atoms with Crippen LogP contribution in [0.5, 0.6) is 0 Å². The second-order valence-electron chi connectivity index (χ2n) is 6.78. The standard InChI is InChI=1S/C18H23N3O/c1-11-12(2)20-18-13(4-3-5-16(11)18)10-21-14-6-7-15(21)9-19-17(22)8-14/h3-5,14-15,20H,6-10H2,1-2H3,(H,19,22)/t14-,15+/m1/s1. The smallest absolute Gasteiger partial charge is 0.221 e. The van der Waals surface area contributed by atoms with Crippen LogP contribution in [0.25, 0.3) is 10.9 Å². The van der Waals surface area contributed by atoms with Gasteiger partial charge in [-0.25, -0.2) is 0 Å². The van der Waals surface area contributed by atoms with Gasteiger partial charge in [0.25, 0.3) is 0 Å². The van der Waals surface area contributed by atoms with Crippen molar-refractivity contribution in [2.75, 3.05) is 6.54 Å². The highest BCUT2D eigenvalue weighted by Gasteiger charge is 2.37. The van der Waals surface area contributed by atoms with Gasteiger partial charge < -0.3 is 10.3 Å². The maximum absolute atomic E-state index is 11.8. The summed E-state index contributed by atoms with van der Waals surface area (Å²) < 4.78 is 0. The van der Waals surface area contributed by atoms with E-state index in [9.17, 15) is 4.79 Å². The van der Waals surface area contributed by atoms with E-state index in [1.54, 1.807) is 0 Å². The third kappa shape index (κ3) is 2.13. The molecule has 2 fully saturated rings. The van der Waals surface area contributed by atoms with Gasteiger partial charge in [0.2, 0.25) is 5.91 Å². The molecule has 4 rings (SSSR count). The lowest BCUT2D eigenvalue weighted by Gasteiger charge is -2.27. The average Bonchev–Trinajstić information content (AvgIpc) is 2.94. The van der Waals surface area contributed by atoms with Gasteiger partial charge in [-0.3, -0.25) is 9.69 Å². The number of benzene rings is 1. The van der Waals surface area contributed by atoms with E-state index < -0.39 is 0 Å². The third-order valence-corrected chi connectivity index (χ3v) is 5.51. The summed E-state index contributed by atoms with van der Waals surface area (Å²) in [7, 11) is 0. The molecule has 4 nitrogen and oxygen atoms in total. The van der Waals surface area contributed by atoms with E-state index in [0.29, 0.717) is 18.5 Å². The molecule has 0 spiro atoms. The zero-order valence-electron chi connectivity index (χ0n) is 13.3. The lowest BCUT2D eigenvalue weighted by atomic mass is 10.1. The largest absolute Gasteiger partial charge is 0.358 e. The van der Waals surface area contributed by atoms with Crippen LogP contribution in [0.15, 0.2) is 18.2 Å². The zero-order valence-corrected chi connectivity index (χ0v) is 13.3. The number of fused-ring (bicyclic) bond motifs is 3. The number of H-pyrrole nitrogens is 1. The topological polar surface area (TPSA) is 48.1 Å². The van der Waals surface area contributed by atoms with Crippen molar-refractivity contribution in [3.05, 3.63) is 35.0 Å². The van der Waals surface area contributed by atoms with Gasteiger partial charge in [-0.05, 0) is 37.8 Å². The molecule has 2 bridgehead atoms. The van der Waals surface area contributed by atoms with Gasteiger partial charge in [-0.15, -0.1) is 0 Å². The number of hydrogen-bond donors (Lipinski definition) is 2. The van der Waals surface area contributed by atoms with Crippen LogP contribution >= 0.6 is 0 Å². The van der Waals surface area contributed by atoms with Crippen molar-refractivity contribution >= 4 is 16.8 Å². The SMILES string of the molecule is Cc1[nH]c2c(CN3[C@@H]4CC[C@H]3CNC(=O)C4)cccc2c1C. The first-order valence-electron chi connectivity index (χ1n) is 8.22. The minimum Gasteiger partial charge on any atom is -0.358 e. The molecular weight excluding hydrogens is 274 g/mol. The number of carbonyl (C=O) groups excluding carboxylic acids is 1. The van der Waals surface area contributed by atoms with Gasteiger partial charge in [0.1, 0.15) is 0 Å². The Kier molecular flexibility index (Phi) is 3.22. The Labute approximate surface area is 130 Å². The normalized spacial score (nSPS) is 25.5. The molecular formula is C18H23N3O. The van der Waals surface area contributed by atoms with Crippen molar-refractivity contribution in [2.45, 2.75) is 51.7 Å². The van der Waals surface area contributed by atoms with Crippen LogP contribution in [0.4, 0.5) is 0 Å². The molecule has 1 amide bonds. The van der Waals surface area contributed by atoms with E-state index in [-0.39, 0.29) is 5.91 Å². The third-order valence-electron chi connectivity index (χ3n) is 5.51. The second-order valence-corrected chi connectivity index (χ2v) is 6.78. The summed E-state index contributed by atoms with van der Waals surface area (Å²) in [5.74, 6) is 0.210. The molecule has 0 unspecified atom stereocenters. The maximum atomic E-state index is 11.8. The van der Waals surface area contributed by atoms with Gasteiger partial charge in [-0.2, -0.15) is 0 Å². The number of aryl methyl sites for hydroxylation is 2. The molecule has 2 aliphatic heterocycles. The molecule has 22 heavy (non-hydrogen) atoms. The quantitative estimate of drug-likeness (QED) is 0.895. The number of amides is 1. The Morgan fingerprint density at radius 3 is 2.91 bits per heavy atom. The maximum Gasteiger partial charge on any atom is 0.221 e. The second kappa shape index (κ2) is 5.13. The Morgan fingerprint density at radius 1 is 1.23 bits per heavy atom. The predicted molar refractivity (Wildman–Crippen MR) is 87.8 cm³/mol. The van der Waals surface area contributed by atoms with E-state index in [4.69, 9.17) is 0 Å². The van der Waals surface area contributed by atoms with Gasteiger partial charge in [0.05, 0.1) is 5.52 Å². The molecule has 0 aliphatic carbocycles. The molecule has 4 heteroatoms. The lowest BCUT2D eigenvalue weighted by molar-refractivity contribution is -0.121. The van der Waals surface area contributed by atoms with E-state index in [2.05, 4.69) is 47.2 Å². The fourth-order valence-corrected chi connectivity index (χ4v) is 4.10. The first-order valence-corrected chi connectivity index (χ1v) is 8.22. The first kappa shape index (κ1) is 13.8. The molecule has 2 aliphatic rings. The highest BCUT2D eigenvalue weighted by molar-refractivity contribution is 5.87. The molecule has 2 saturated heterocycles. The Balaban J connectivity index is 1.69. The van der Waals surface area contributed by atoms with Crippen LogP contribution in [0.3, 0.4) is 0 Å². The van der Waals surface area contributed by atoms with Crippen molar-refractivity contribution in [2.24, 2.45) is 0 Å². The monoisotopic (exact) mass is 297 g/mol. The number of hydrogen-bond acceptors (Lipinski definition) is 2. The predicted octanol–water partition coefficient (Wildman–Crippen LogP) is 2.64. The van der Waals surface area contributed by atoms with Crippen LogP contribution in [-0.2, 0) is 11.3 Å². The van der Waals surface area contributed by atoms with E-state index >= 15 is 0 Å². The number of carbonyl (C=O) groups is 1. The molecule has 0 radical (unpaired) electrons. The van der Waals surface area contributed by atoms with Gasteiger partial charge in [-0.1, -0.05) is 18.2 Å². The van der Waals surface area contributed by atoms with Gasteiger partial charge in [0, 0.05) is 42.7 Å². The van der Waals surface area contributed by atoms with E-state index in [1.807, 2.05) is 0 Å². The van der Waals surface area contributed by atoms with E-state index in [1.165, 1.54) is 34.1 Å². The number of para-hydroxylation sites is 1. The molecule has 2 N–H and O–H groups in total. The summed E-state index contributed by atoms with van der Waals surface area (Å²) in [5, 5.41) is 4.38. The number of aromatic amines is 1. The number of rotatable bonds is 2. The zero-order chi connectivity index (χ0) is 15.3. The fourth-order valence-electron chi connectivity index (χ4n) is 4.10. The van der Waals surface area contributed by atoms with Crippen LogP contribution < -0.4 is 5.32 Å². The minimum atomic E-state index is 0.210. The highest BCUT2D eigenvalue weighted by Crippen LogP contribution is 2.32. The number of nitrogens with one attached hydrogen (secondary N) is 2. The van der Waals surface area contributed by atoms with Crippen molar-refractivity contribution in [1.82, 2.24) is 15.2 Å². The lowest BCUT2D eigenvalue weighted by Crippen LogP contribution is -2.37. The van der Waals surface area contributed by atoms with Crippen LogP contribution in [-0.4, -0.2) is 34.4 Å². The average molecular weight is 297 g/mol. The van der Waals surface area contributed by atoms with Crippen molar-refractivity contribution < 1.29 is 4.79 Å². The summed E-state index contributed by atoms with van der Waals surface area (Å²) in [6, 6.07) is 7.46. The van der Waals surface area contributed by atoms with Crippen molar-refractivity contribution in [1.29, 1.82) is 0 Å². The summed E-state index contributed by atoms with van der Waals surface area (Å²) in [4.78, 5) is 17.9. The first-order chi connectivity index (χ1) is 10.6. The molecule has 2 aromatic rings.